The van der Waals surface area contributed by atoms with Gasteiger partial charge in [0, 0.05) is 35.8 Å². The standard InChI is InChI=1S/C18H19N5O/c1-11-19-7-13(8-20-11)12-4-5-15-16(6-12)23(14-9-21-22-10-14)17(24)18(15,2)3/h4,6-10,15H,5H2,1-3H3,(H,21,22). The molecule has 2 aromatic heterocycles. The van der Waals surface area contributed by atoms with Crippen molar-refractivity contribution in [3.05, 3.63) is 54.0 Å². The highest BCUT2D eigenvalue weighted by molar-refractivity contribution is 6.04. The molecule has 2 aromatic rings. The van der Waals surface area contributed by atoms with Gasteiger partial charge in [0.25, 0.3) is 0 Å². The zero-order valence-corrected chi connectivity index (χ0v) is 13.9. The Balaban J connectivity index is 1.79. The number of fused-ring (bicyclic) bond motifs is 1. The molecule has 0 saturated carbocycles. The first kappa shape index (κ1) is 14.8. The molecule has 0 radical (unpaired) electrons. The van der Waals surface area contributed by atoms with Crippen molar-refractivity contribution < 1.29 is 4.79 Å². The Hall–Kier alpha value is -2.76. The summed E-state index contributed by atoms with van der Waals surface area (Å²) in [6.45, 7) is 5.90. The molecule has 1 saturated heterocycles. The van der Waals surface area contributed by atoms with E-state index in [9.17, 15) is 4.79 Å². The van der Waals surface area contributed by atoms with E-state index in [4.69, 9.17) is 0 Å². The number of aryl methyl sites for hydroxylation is 1. The number of aromatic nitrogens is 4. The van der Waals surface area contributed by atoms with E-state index < -0.39 is 5.41 Å². The van der Waals surface area contributed by atoms with Gasteiger partial charge in [-0.3, -0.25) is 14.8 Å². The van der Waals surface area contributed by atoms with Crippen LogP contribution >= 0.6 is 0 Å². The van der Waals surface area contributed by atoms with Crippen molar-refractivity contribution in [1.29, 1.82) is 0 Å². The van der Waals surface area contributed by atoms with Crippen LogP contribution in [0.2, 0.25) is 0 Å². The molecule has 1 aliphatic heterocycles. The molecule has 1 amide bonds. The molecule has 0 aromatic carbocycles. The number of hydrogen-bond donors (Lipinski definition) is 1. The quantitative estimate of drug-likeness (QED) is 0.923. The molecule has 24 heavy (non-hydrogen) atoms. The summed E-state index contributed by atoms with van der Waals surface area (Å²) in [5.41, 5.74) is 3.39. The number of rotatable bonds is 2. The Labute approximate surface area is 140 Å². The number of allylic oxidation sites excluding steroid dienone is 4. The second-order valence-corrected chi connectivity index (χ2v) is 6.85. The number of H-pyrrole nitrogens is 1. The summed E-state index contributed by atoms with van der Waals surface area (Å²) in [6, 6.07) is 0. The average molecular weight is 321 g/mol. The van der Waals surface area contributed by atoms with Gasteiger partial charge in [0.05, 0.1) is 17.3 Å². The van der Waals surface area contributed by atoms with E-state index in [0.717, 1.165) is 34.8 Å². The van der Waals surface area contributed by atoms with Crippen LogP contribution in [0.25, 0.3) is 5.57 Å². The third-order valence-corrected chi connectivity index (χ3v) is 4.97. The maximum absolute atomic E-state index is 13.0. The summed E-state index contributed by atoms with van der Waals surface area (Å²) in [4.78, 5) is 23.3. The molecule has 3 heterocycles. The monoisotopic (exact) mass is 321 g/mol. The summed E-state index contributed by atoms with van der Waals surface area (Å²) in [5, 5.41) is 6.79. The third kappa shape index (κ3) is 2.10. The second kappa shape index (κ2) is 5.12. The fraction of sp³-hybridized carbons (Fsp3) is 0.333. The van der Waals surface area contributed by atoms with E-state index in [1.807, 2.05) is 33.2 Å². The van der Waals surface area contributed by atoms with Crippen molar-refractivity contribution in [2.75, 3.05) is 4.90 Å². The first-order valence-corrected chi connectivity index (χ1v) is 8.02. The maximum atomic E-state index is 13.0. The van der Waals surface area contributed by atoms with Crippen molar-refractivity contribution in [3.63, 3.8) is 0 Å². The van der Waals surface area contributed by atoms with Crippen LogP contribution in [0.15, 0.2) is 42.6 Å². The van der Waals surface area contributed by atoms with Gasteiger partial charge in [-0.05, 0) is 25.0 Å². The lowest BCUT2D eigenvalue weighted by Gasteiger charge is -2.25. The van der Waals surface area contributed by atoms with Crippen LogP contribution in [0.3, 0.4) is 0 Å². The lowest BCUT2D eigenvalue weighted by Crippen LogP contribution is -2.31. The third-order valence-electron chi connectivity index (χ3n) is 4.97. The highest BCUT2D eigenvalue weighted by Gasteiger charge is 2.51. The fourth-order valence-electron chi connectivity index (χ4n) is 3.50. The van der Waals surface area contributed by atoms with Gasteiger partial charge in [-0.1, -0.05) is 19.9 Å². The number of aromatic amines is 1. The van der Waals surface area contributed by atoms with Crippen LogP contribution in [0.4, 0.5) is 5.69 Å². The fourth-order valence-corrected chi connectivity index (χ4v) is 3.50. The predicted molar refractivity (Wildman–Crippen MR) is 90.8 cm³/mol. The number of amides is 1. The van der Waals surface area contributed by atoms with Crippen molar-refractivity contribution in [2.45, 2.75) is 27.2 Å². The van der Waals surface area contributed by atoms with Crippen LogP contribution < -0.4 is 4.90 Å². The molecule has 0 spiro atoms. The molecule has 122 valence electrons. The largest absolute Gasteiger partial charge is 0.284 e. The zero-order valence-electron chi connectivity index (χ0n) is 13.9. The highest BCUT2D eigenvalue weighted by Crippen LogP contribution is 2.50. The number of anilines is 1. The molecule has 6 heteroatoms. The van der Waals surface area contributed by atoms with Gasteiger partial charge < -0.3 is 0 Å². The Bertz CT molecular complexity index is 846. The van der Waals surface area contributed by atoms with Crippen LogP contribution in [0, 0.1) is 18.3 Å². The van der Waals surface area contributed by atoms with Crippen LogP contribution in [0.5, 0.6) is 0 Å². The summed E-state index contributed by atoms with van der Waals surface area (Å²) < 4.78 is 0. The van der Waals surface area contributed by atoms with E-state index in [-0.39, 0.29) is 11.8 Å². The van der Waals surface area contributed by atoms with Gasteiger partial charge >= 0.3 is 0 Å². The first-order chi connectivity index (χ1) is 11.5. The van der Waals surface area contributed by atoms with Gasteiger partial charge in [-0.2, -0.15) is 5.10 Å². The van der Waals surface area contributed by atoms with Crippen LogP contribution in [-0.4, -0.2) is 26.1 Å². The van der Waals surface area contributed by atoms with Gasteiger partial charge in [0.2, 0.25) is 5.91 Å². The van der Waals surface area contributed by atoms with E-state index in [0.29, 0.717) is 0 Å². The maximum Gasteiger partial charge on any atom is 0.237 e. The van der Waals surface area contributed by atoms with E-state index >= 15 is 0 Å². The molecule has 4 rings (SSSR count). The Morgan fingerprint density at radius 1 is 1.25 bits per heavy atom. The number of nitrogens with one attached hydrogen (secondary N) is 1. The molecule has 1 atom stereocenters. The molecular formula is C18H19N5O. The number of hydrogen-bond acceptors (Lipinski definition) is 4. The molecule has 2 aliphatic rings. The van der Waals surface area contributed by atoms with Crippen LogP contribution in [0.1, 0.15) is 31.7 Å². The number of nitrogens with zero attached hydrogens (tertiary/aromatic N) is 4. The lowest BCUT2D eigenvalue weighted by atomic mass is 9.75. The van der Waals surface area contributed by atoms with Crippen molar-refractivity contribution in [3.8, 4) is 0 Å². The van der Waals surface area contributed by atoms with Crippen LogP contribution in [-0.2, 0) is 4.79 Å². The first-order valence-electron chi connectivity index (χ1n) is 8.02. The Morgan fingerprint density at radius 2 is 2.00 bits per heavy atom. The molecule has 0 bridgehead atoms. The molecule has 1 fully saturated rings. The van der Waals surface area contributed by atoms with Gasteiger partial charge in [0.1, 0.15) is 5.82 Å². The Morgan fingerprint density at radius 3 is 2.67 bits per heavy atom. The second-order valence-electron chi connectivity index (χ2n) is 6.85. The summed E-state index contributed by atoms with van der Waals surface area (Å²) in [6.07, 6.45) is 12.2. The van der Waals surface area contributed by atoms with Gasteiger partial charge in [-0.25, -0.2) is 9.97 Å². The molecular weight excluding hydrogens is 302 g/mol. The SMILES string of the molecule is Cc1ncc(C2=CCC3C(=C2)N(c2cn[nH]c2)C(=O)C3(C)C)cn1. The predicted octanol–water partition coefficient (Wildman–Crippen LogP) is 2.87. The van der Waals surface area contributed by atoms with E-state index in [1.165, 1.54) is 0 Å². The van der Waals surface area contributed by atoms with Gasteiger partial charge in [0.15, 0.2) is 0 Å². The average Bonchev–Trinajstić information content (AvgIpc) is 3.15. The number of carbonyl (C=O) groups is 1. The minimum atomic E-state index is -0.436. The molecule has 1 aliphatic carbocycles. The van der Waals surface area contributed by atoms with Crippen molar-refractivity contribution >= 4 is 17.2 Å². The Kier molecular flexibility index (Phi) is 3.16. The highest BCUT2D eigenvalue weighted by atomic mass is 16.2. The molecule has 1 N–H and O–H groups in total. The minimum absolute atomic E-state index is 0.106. The smallest absolute Gasteiger partial charge is 0.237 e. The number of carbonyl (C=O) groups excluding carboxylic acids is 1. The summed E-state index contributed by atoms with van der Waals surface area (Å²) >= 11 is 0. The topological polar surface area (TPSA) is 74.8 Å². The summed E-state index contributed by atoms with van der Waals surface area (Å²) in [7, 11) is 0. The molecule has 1 unspecified atom stereocenters. The summed E-state index contributed by atoms with van der Waals surface area (Å²) in [5.74, 6) is 1.02. The normalized spacial score (nSPS) is 22.2. The van der Waals surface area contributed by atoms with E-state index in [2.05, 4.69) is 32.3 Å². The van der Waals surface area contributed by atoms with Gasteiger partial charge in [-0.15, -0.1) is 0 Å². The molecule has 6 nitrogen and oxygen atoms in total. The van der Waals surface area contributed by atoms with E-state index in [1.54, 1.807) is 17.3 Å². The van der Waals surface area contributed by atoms with Crippen molar-refractivity contribution in [1.82, 2.24) is 20.2 Å². The minimum Gasteiger partial charge on any atom is -0.284 e. The lowest BCUT2D eigenvalue weighted by molar-refractivity contribution is -0.125. The van der Waals surface area contributed by atoms with Crippen molar-refractivity contribution in [2.24, 2.45) is 11.3 Å². The zero-order chi connectivity index (χ0) is 16.9.